The SMILES string of the molecule is C[C@H]1CCc2c(sc3ncnc(OCC(=O)N4CCOCC4)c23)C1. The number of fused-ring (bicyclic) bond motifs is 3. The van der Waals surface area contributed by atoms with Gasteiger partial charge in [-0.1, -0.05) is 6.92 Å². The predicted molar refractivity (Wildman–Crippen MR) is 91.5 cm³/mol. The summed E-state index contributed by atoms with van der Waals surface area (Å²) in [5, 5.41) is 1.01. The van der Waals surface area contributed by atoms with Crippen LogP contribution in [0, 0.1) is 5.92 Å². The van der Waals surface area contributed by atoms with Gasteiger partial charge in [0.15, 0.2) is 6.61 Å². The molecule has 0 aromatic carbocycles. The fourth-order valence-corrected chi connectivity index (χ4v) is 4.73. The van der Waals surface area contributed by atoms with Gasteiger partial charge >= 0.3 is 0 Å². The predicted octanol–water partition coefficient (Wildman–Crippen LogP) is 2.05. The van der Waals surface area contributed by atoms with Gasteiger partial charge < -0.3 is 14.4 Å². The lowest BCUT2D eigenvalue weighted by Gasteiger charge is -2.26. The Kier molecular flexibility index (Phi) is 4.37. The Morgan fingerprint density at radius 2 is 2.25 bits per heavy atom. The van der Waals surface area contributed by atoms with Crippen molar-refractivity contribution < 1.29 is 14.3 Å². The zero-order chi connectivity index (χ0) is 16.5. The molecule has 1 fully saturated rings. The maximum Gasteiger partial charge on any atom is 0.260 e. The first-order valence-corrected chi connectivity index (χ1v) is 9.27. The number of ether oxygens (including phenoxy) is 2. The summed E-state index contributed by atoms with van der Waals surface area (Å²) < 4.78 is 11.1. The summed E-state index contributed by atoms with van der Waals surface area (Å²) >= 11 is 1.74. The minimum absolute atomic E-state index is 0.0113. The number of amides is 1. The second-order valence-electron chi connectivity index (χ2n) is 6.49. The molecule has 6 nitrogen and oxygen atoms in total. The number of nitrogens with zero attached hydrogens (tertiary/aromatic N) is 3. The monoisotopic (exact) mass is 347 g/mol. The van der Waals surface area contributed by atoms with E-state index in [1.54, 1.807) is 16.2 Å². The molecule has 2 aliphatic rings. The minimum Gasteiger partial charge on any atom is -0.467 e. The van der Waals surface area contributed by atoms with E-state index >= 15 is 0 Å². The van der Waals surface area contributed by atoms with Crippen LogP contribution < -0.4 is 4.74 Å². The van der Waals surface area contributed by atoms with E-state index in [4.69, 9.17) is 9.47 Å². The molecule has 4 rings (SSSR count). The maximum absolute atomic E-state index is 12.3. The van der Waals surface area contributed by atoms with Gasteiger partial charge in [0.05, 0.1) is 18.6 Å². The lowest BCUT2D eigenvalue weighted by molar-refractivity contribution is -0.137. The molecule has 128 valence electrons. The van der Waals surface area contributed by atoms with Crippen molar-refractivity contribution >= 4 is 27.5 Å². The summed E-state index contributed by atoms with van der Waals surface area (Å²) in [7, 11) is 0. The Balaban J connectivity index is 1.55. The summed E-state index contributed by atoms with van der Waals surface area (Å²) in [4.78, 5) is 25.1. The van der Waals surface area contributed by atoms with Gasteiger partial charge in [-0.05, 0) is 30.7 Å². The largest absolute Gasteiger partial charge is 0.467 e. The van der Waals surface area contributed by atoms with Crippen molar-refractivity contribution in [1.29, 1.82) is 0 Å². The number of hydrogen-bond acceptors (Lipinski definition) is 6. The number of rotatable bonds is 3. The number of morpholine rings is 1. The zero-order valence-electron chi connectivity index (χ0n) is 13.8. The van der Waals surface area contributed by atoms with Crippen LogP contribution in [-0.2, 0) is 22.4 Å². The van der Waals surface area contributed by atoms with Crippen LogP contribution in [0.25, 0.3) is 10.2 Å². The van der Waals surface area contributed by atoms with Crippen LogP contribution >= 0.6 is 11.3 Å². The van der Waals surface area contributed by atoms with E-state index in [0.29, 0.717) is 38.1 Å². The summed E-state index contributed by atoms with van der Waals surface area (Å²) in [5.74, 6) is 1.25. The Labute approximate surface area is 144 Å². The van der Waals surface area contributed by atoms with Gasteiger partial charge in [0, 0.05) is 18.0 Å². The van der Waals surface area contributed by atoms with Gasteiger partial charge in [-0.2, -0.15) is 0 Å². The lowest BCUT2D eigenvalue weighted by atomic mass is 9.89. The van der Waals surface area contributed by atoms with Crippen molar-refractivity contribution in [3.63, 3.8) is 0 Å². The molecule has 1 amide bonds. The number of thiophene rings is 1. The van der Waals surface area contributed by atoms with Crippen molar-refractivity contribution in [3.8, 4) is 5.88 Å². The standard InChI is InChI=1S/C17H21N3O3S/c1-11-2-3-12-13(8-11)24-17-15(12)16(18-10-19-17)23-9-14(21)20-4-6-22-7-5-20/h10-11H,2-9H2,1H3/t11-/m0/s1. The molecule has 3 heterocycles. The van der Waals surface area contributed by atoms with Gasteiger partial charge in [0.2, 0.25) is 5.88 Å². The first-order chi connectivity index (χ1) is 11.7. The maximum atomic E-state index is 12.3. The first kappa shape index (κ1) is 15.8. The van der Waals surface area contributed by atoms with E-state index in [-0.39, 0.29) is 12.5 Å². The summed E-state index contributed by atoms with van der Waals surface area (Å²) in [6.45, 7) is 4.77. The highest BCUT2D eigenvalue weighted by Crippen LogP contribution is 2.40. The van der Waals surface area contributed by atoms with E-state index in [9.17, 15) is 4.79 Å². The Hall–Kier alpha value is -1.73. The van der Waals surface area contributed by atoms with Crippen LogP contribution in [0.3, 0.4) is 0 Å². The highest BCUT2D eigenvalue weighted by Gasteiger charge is 2.24. The topological polar surface area (TPSA) is 64.6 Å². The lowest BCUT2D eigenvalue weighted by Crippen LogP contribution is -2.43. The molecule has 24 heavy (non-hydrogen) atoms. The zero-order valence-corrected chi connectivity index (χ0v) is 14.6. The molecule has 0 unspecified atom stereocenters. The molecule has 1 atom stereocenters. The van der Waals surface area contributed by atoms with E-state index in [0.717, 1.165) is 23.1 Å². The molecule has 2 aromatic heterocycles. The molecular weight excluding hydrogens is 326 g/mol. The Morgan fingerprint density at radius 1 is 1.42 bits per heavy atom. The van der Waals surface area contributed by atoms with E-state index in [2.05, 4.69) is 16.9 Å². The number of carbonyl (C=O) groups excluding carboxylic acids is 1. The van der Waals surface area contributed by atoms with Crippen LogP contribution in [0.4, 0.5) is 0 Å². The third-order valence-electron chi connectivity index (χ3n) is 4.75. The molecule has 0 saturated carbocycles. The smallest absolute Gasteiger partial charge is 0.260 e. The molecular formula is C17H21N3O3S. The van der Waals surface area contributed by atoms with Crippen molar-refractivity contribution in [2.24, 2.45) is 5.92 Å². The Bertz CT molecular complexity index is 755. The van der Waals surface area contributed by atoms with Crippen LogP contribution in [0.2, 0.25) is 0 Å². The van der Waals surface area contributed by atoms with Crippen molar-refractivity contribution in [2.75, 3.05) is 32.9 Å². The van der Waals surface area contributed by atoms with Crippen LogP contribution in [-0.4, -0.2) is 53.7 Å². The number of aryl methyl sites for hydroxylation is 1. The number of aromatic nitrogens is 2. The number of carbonyl (C=O) groups is 1. The molecule has 1 aliphatic carbocycles. The summed E-state index contributed by atoms with van der Waals surface area (Å²) in [5.41, 5.74) is 1.32. The fraction of sp³-hybridized carbons (Fsp3) is 0.588. The molecule has 0 spiro atoms. The van der Waals surface area contributed by atoms with Crippen molar-refractivity contribution in [2.45, 2.75) is 26.2 Å². The van der Waals surface area contributed by atoms with Gasteiger partial charge in [-0.15, -0.1) is 11.3 Å². The third-order valence-corrected chi connectivity index (χ3v) is 5.92. The van der Waals surface area contributed by atoms with E-state index in [1.807, 2.05) is 0 Å². The van der Waals surface area contributed by atoms with Gasteiger partial charge in [0.25, 0.3) is 5.91 Å². The minimum atomic E-state index is -0.0113. The van der Waals surface area contributed by atoms with Gasteiger partial charge in [-0.25, -0.2) is 9.97 Å². The van der Waals surface area contributed by atoms with Gasteiger partial charge in [-0.3, -0.25) is 4.79 Å². The second-order valence-corrected chi connectivity index (χ2v) is 7.58. The molecule has 1 saturated heterocycles. The molecule has 0 bridgehead atoms. The average Bonchev–Trinajstić information content (AvgIpc) is 2.98. The average molecular weight is 347 g/mol. The fourth-order valence-electron chi connectivity index (χ4n) is 3.39. The molecule has 0 N–H and O–H groups in total. The number of hydrogen-bond donors (Lipinski definition) is 0. The molecule has 0 radical (unpaired) electrons. The van der Waals surface area contributed by atoms with Crippen molar-refractivity contribution in [3.05, 3.63) is 16.8 Å². The van der Waals surface area contributed by atoms with Crippen LogP contribution in [0.5, 0.6) is 5.88 Å². The second kappa shape index (κ2) is 6.64. The third kappa shape index (κ3) is 2.98. The molecule has 7 heteroatoms. The molecule has 1 aliphatic heterocycles. The molecule has 2 aromatic rings. The van der Waals surface area contributed by atoms with Crippen LogP contribution in [0.15, 0.2) is 6.33 Å². The van der Waals surface area contributed by atoms with E-state index < -0.39 is 0 Å². The van der Waals surface area contributed by atoms with Crippen molar-refractivity contribution in [1.82, 2.24) is 14.9 Å². The quantitative estimate of drug-likeness (QED) is 0.850. The highest BCUT2D eigenvalue weighted by molar-refractivity contribution is 7.18. The van der Waals surface area contributed by atoms with Gasteiger partial charge in [0.1, 0.15) is 11.2 Å². The normalized spacial score (nSPS) is 20.9. The highest BCUT2D eigenvalue weighted by atomic mass is 32.1. The Morgan fingerprint density at radius 3 is 3.08 bits per heavy atom. The first-order valence-electron chi connectivity index (χ1n) is 8.46. The van der Waals surface area contributed by atoms with E-state index in [1.165, 1.54) is 23.2 Å². The summed E-state index contributed by atoms with van der Waals surface area (Å²) in [6, 6.07) is 0. The van der Waals surface area contributed by atoms with Crippen LogP contribution in [0.1, 0.15) is 23.8 Å². The summed E-state index contributed by atoms with van der Waals surface area (Å²) in [6.07, 6.45) is 4.85.